The third-order valence-corrected chi connectivity index (χ3v) is 2.79. The van der Waals surface area contributed by atoms with Crippen LogP contribution in [0.25, 0.3) is 0 Å². The second-order valence-corrected chi connectivity index (χ2v) is 3.96. The molecule has 0 saturated heterocycles. The molecule has 0 aliphatic heterocycles. The van der Waals surface area contributed by atoms with Crippen molar-refractivity contribution in [3.05, 3.63) is 70.5 Å². The molecule has 1 atom stereocenters. The van der Waals surface area contributed by atoms with Crippen LogP contribution in [0.2, 0.25) is 5.02 Å². The Balaban J connectivity index is 2.39. The van der Waals surface area contributed by atoms with Gasteiger partial charge in [0.05, 0.1) is 6.04 Å². The van der Waals surface area contributed by atoms with Gasteiger partial charge in [0.1, 0.15) is 5.82 Å². The lowest BCUT2D eigenvalue weighted by atomic mass is 10.00. The van der Waals surface area contributed by atoms with Crippen LogP contribution in [0.1, 0.15) is 17.2 Å². The van der Waals surface area contributed by atoms with Gasteiger partial charge in [0, 0.05) is 5.02 Å². The molecule has 0 radical (unpaired) electrons. The van der Waals surface area contributed by atoms with Crippen LogP contribution in [0.15, 0.2) is 48.5 Å². The van der Waals surface area contributed by atoms with Gasteiger partial charge in [-0.25, -0.2) is 4.39 Å². The van der Waals surface area contributed by atoms with Crippen molar-refractivity contribution in [2.45, 2.75) is 6.04 Å². The van der Waals surface area contributed by atoms with Crippen molar-refractivity contribution < 1.29 is 4.39 Å². The van der Waals surface area contributed by atoms with Crippen LogP contribution < -0.4 is 5.73 Å². The number of benzene rings is 2. The molecule has 0 aliphatic rings. The zero-order valence-electron chi connectivity index (χ0n) is 8.53. The van der Waals surface area contributed by atoms with Gasteiger partial charge in [0.2, 0.25) is 0 Å². The van der Waals surface area contributed by atoms with Gasteiger partial charge >= 0.3 is 0 Å². The average Bonchev–Trinajstić information content (AvgIpc) is 2.29. The summed E-state index contributed by atoms with van der Waals surface area (Å²) in [7, 11) is 0. The molecule has 2 rings (SSSR count). The van der Waals surface area contributed by atoms with E-state index in [9.17, 15) is 4.39 Å². The summed E-state index contributed by atoms with van der Waals surface area (Å²) in [4.78, 5) is 0. The molecular formula is C13H11ClFN. The molecule has 2 aromatic carbocycles. The van der Waals surface area contributed by atoms with E-state index in [-0.39, 0.29) is 5.82 Å². The monoisotopic (exact) mass is 235 g/mol. The number of nitrogens with two attached hydrogens (primary N) is 1. The molecule has 0 aromatic heterocycles. The molecule has 3 heteroatoms. The van der Waals surface area contributed by atoms with Gasteiger partial charge in [-0.2, -0.15) is 0 Å². The van der Waals surface area contributed by atoms with Crippen molar-refractivity contribution in [1.82, 2.24) is 0 Å². The van der Waals surface area contributed by atoms with Gasteiger partial charge in [-0.3, -0.25) is 0 Å². The summed E-state index contributed by atoms with van der Waals surface area (Å²) in [6.45, 7) is 0. The highest BCUT2D eigenvalue weighted by Crippen LogP contribution is 2.26. The van der Waals surface area contributed by atoms with Gasteiger partial charge in [0.15, 0.2) is 0 Å². The zero-order valence-corrected chi connectivity index (χ0v) is 9.29. The largest absolute Gasteiger partial charge is 0.320 e. The van der Waals surface area contributed by atoms with Crippen molar-refractivity contribution >= 4 is 11.6 Å². The van der Waals surface area contributed by atoms with Gasteiger partial charge in [-0.15, -0.1) is 0 Å². The van der Waals surface area contributed by atoms with E-state index >= 15 is 0 Å². The first-order valence-corrected chi connectivity index (χ1v) is 5.32. The SMILES string of the molecule is NC(c1cccc(F)c1)c1ccccc1Cl. The third kappa shape index (κ3) is 2.23. The van der Waals surface area contributed by atoms with Crippen LogP contribution in [-0.2, 0) is 0 Å². The number of rotatable bonds is 2. The first-order valence-electron chi connectivity index (χ1n) is 4.94. The minimum atomic E-state index is -0.399. The topological polar surface area (TPSA) is 26.0 Å². The molecule has 0 bridgehead atoms. The lowest BCUT2D eigenvalue weighted by Gasteiger charge is -2.13. The van der Waals surface area contributed by atoms with Crippen molar-refractivity contribution in [3.63, 3.8) is 0 Å². The van der Waals surface area contributed by atoms with Crippen LogP contribution in [0.3, 0.4) is 0 Å². The fraction of sp³-hybridized carbons (Fsp3) is 0.0769. The second kappa shape index (κ2) is 4.64. The van der Waals surface area contributed by atoms with E-state index in [0.29, 0.717) is 10.6 Å². The van der Waals surface area contributed by atoms with Gasteiger partial charge in [0.25, 0.3) is 0 Å². The average molecular weight is 236 g/mol. The Morgan fingerprint density at radius 3 is 2.50 bits per heavy atom. The molecule has 2 aromatic rings. The molecular weight excluding hydrogens is 225 g/mol. The molecule has 0 fully saturated rings. The van der Waals surface area contributed by atoms with Crippen molar-refractivity contribution in [2.75, 3.05) is 0 Å². The third-order valence-electron chi connectivity index (χ3n) is 2.45. The predicted octanol–water partition coefficient (Wildman–Crippen LogP) is 3.53. The Hall–Kier alpha value is -1.38. The van der Waals surface area contributed by atoms with E-state index in [2.05, 4.69) is 0 Å². The standard InChI is InChI=1S/C13H11ClFN/c14-12-7-2-1-6-11(12)13(16)9-4-3-5-10(15)8-9/h1-8,13H,16H2. The fourth-order valence-electron chi connectivity index (χ4n) is 1.61. The predicted molar refractivity (Wildman–Crippen MR) is 63.9 cm³/mol. The van der Waals surface area contributed by atoms with Crippen molar-refractivity contribution in [2.24, 2.45) is 5.73 Å². The molecule has 0 heterocycles. The molecule has 0 saturated carbocycles. The summed E-state index contributed by atoms with van der Waals surface area (Å²) >= 11 is 6.04. The van der Waals surface area contributed by atoms with Gasteiger partial charge < -0.3 is 5.73 Å². The lowest BCUT2D eigenvalue weighted by Crippen LogP contribution is -2.12. The van der Waals surface area contributed by atoms with Crippen LogP contribution >= 0.6 is 11.6 Å². The van der Waals surface area contributed by atoms with Crippen LogP contribution in [-0.4, -0.2) is 0 Å². The minimum Gasteiger partial charge on any atom is -0.320 e. The zero-order chi connectivity index (χ0) is 11.5. The summed E-state index contributed by atoms with van der Waals surface area (Å²) in [5, 5.41) is 0.597. The summed E-state index contributed by atoms with van der Waals surface area (Å²) in [6, 6.07) is 13.2. The molecule has 0 amide bonds. The highest BCUT2D eigenvalue weighted by atomic mass is 35.5. The summed E-state index contributed by atoms with van der Waals surface area (Å²) in [6.07, 6.45) is 0. The molecule has 0 aliphatic carbocycles. The minimum absolute atomic E-state index is 0.292. The van der Waals surface area contributed by atoms with E-state index < -0.39 is 6.04 Å². The summed E-state index contributed by atoms with van der Waals surface area (Å²) < 4.78 is 13.1. The van der Waals surface area contributed by atoms with E-state index in [1.54, 1.807) is 18.2 Å². The Bertz CT molecular complexity index is 499. The Labute approximate surface area is 98.7 Å². The maximum absolute atomic E-state index is 13.1. The molecule has 1 unspecified atom stereocenters. The van der Waals surface area contributed by atoms with Crippen molar-refractivity contribution in [3.8, 4) is 0 Å². The quantitative estimate of drug-likeness (QED) is 0.847. The molecule has 1 nitrogen and oxygen atoms in total. The fourth-order valence-corrected chi connectivity index (χ4v) is 1.86. The van der Waals surface area contributed by atoms with Crippen LogP contribution in [0, 0.1) is 5.82 Å². The van der Waals surface area contributed by atoms with Crippen LogP contribution in [0.4, 0.5) is 4.39 Å². The van der Waals surface area contributed by atoms with Gasteiger partial charge in [-0.1, -0.05) is 41.9 Å². The smallest absolute Gasteiger partial charge is 0.123 e. The Morgan fingerprint density at radius 2 is 1.81 bits per heavy atom. The van der Waals surface area contributed by atoms with E-state index in [1.807, 2.05) is 18.2 Å². The maximum Gasteiger partial charge on any atom is 0.123 e. The number of hydrogen-bond acceptors (Lipinski definition) is 1. The Kier molecular flexibility index (Phi) is 3.22. The summed E-state index contributed by atoms with van der Waals surface area (Å²) in [5.41, 5.74) is 7.55. The van der Waals surface area contributed by atoms with Crippen LogP contribution in [0.5, 0.6) is 0 Å². The van der Waals surface area contributed by atoms with E-state index in [4.69, 9.17) is 17.3 Å². The maximum atomic E-state index is 13.1. The summed E-state index contributed by atoms with van der Waals surface area (Å²) in [5.74, 6) is -0.292. The van der Waals surface area contributed by atoms with Crippen molar-refractivity contribution in [1.29, 1.82) is 0 Å². The van der Waals surface area contributed by atoms with E-state index in [1.165, 1.54) is 12.1 Å². The number of hydrogen-bond donors (Lipinski definition) is 1. The normalized spacial score (nSPS) is 12.4. The second-order valence-electron chi connectivity index (χ2n) is 3.55. The first-order chi connectivity index (χ1) is 7.68. The molecule has 16 heavy (non-hydrogen) atoms. The number of halogens is 2. The van der Waals surface area contributed by atoms with E-state index in [0.717, 1.165) is 5.56 Å². The molecule has 2 N–H and O–H groups in total. The highest BCUT2D eigenvalue weighted by molar-refractivity contribution is 6.31. The Morgan fingerprint density at radius 1 is 1.06 bits per heavy atom. The molecule has 0 spiro atoms. The molecule has 82 valence electrons. The highest BCUT2D eigenvalue weighted by Gasteiger charge is 2.12. The van der Waals surface area contributed by atoms with Gasteiger partial charge in [-0.05, 0) is 29.3 Å². The first kappa shape index (κ1) is 11.1. The lowest BCUT2D eigenvalue weighted by molar-refractivity contribution is 0.623.